The number of ether oxygens (including phenoxy) is 3. The number of hydrogen-bond donors (Lipinski definition) is 0. The van der Waals surface area contributed by atoms with Crippen LogP contribution in [0.3, 0.4) is 0 Å². The first-order valence-corrected chi connectivity index (χ1v) is 12.3. The minimum Gasteiger partial charge on any atom is -0.497 e. The van der Waals surface area contributed by atoms with Crippen molar-refractivity contribution >= 4 is 28.8 Å². The maximum absolute atomic E-state index is 13.6. The summed E-state index contributed by atoms with van der Waals surface area (Å²) in [7, 11) is 1.52. The first-order valence-electron chi connectivity index (χ1n) is 12.3. The fourth-order valence-corrected chi connectivity index (χ4v) is 4.99. The quantitative estimate of drug-likeness (QED) is 0.190. The van der Waals surface area contributed by atoms with Crippen LogP contribution in [-0.2, 0) is 4.79 Å². The molecule has 0 unspecified atom stereocenters. The van der Waals surface area contributed by atoms with Gasteiger partial charge < -0.3 is 18.6 Å². The van der Waals surface area contributed by atoms with Gasteiger partial charge in [-0.3, -0.25) is 14.4 Å². The van der Waals surface area contributed by atoms with E-state index in [1.54, 1.807) is 36.4 Å². The number of rotatable bonds is 4. The van der Waals surface area contributed by atoms with Crippen LogP contribution in [0, 0.1) is 0 Å². The van der Waals surface area contributed by atoms with E-state index in [9.17, 15) is 14.4 Å². The molecule has 0 aliphatic carbocycles. The molecule has 3 aromatic carbocycles. The molecule has 0 N–H and O–H groups in total. The standard InChI is InChI=1S/C31H24O7/c1-16(2)18-6-4-17(5-7-18)12-26-30(34)20-9-11-25-28(31(20)38-26)21(14-27(32)37-25)23-15-36-24-10-8-19(35-3)13-22(24)29(23)33/h4-13,15-16,21H,14H2,1-3H3/b26-12-/t21-/m0/s1. The van der Waals surface area contributed by atoms with Gasteiger partial charge in [0.25, 0.3) is 0 Å². The van der Waals surface area contributed by atoms with E-state index in [4.69, 9.17) is 18.6 Å². The maximum atomic E-state index is 13.6. The normalized spacial score (nSPS) is 17.4. The topological polar surface area (TPSA) is 92.0 Å². The summed E-state index contributed by atoms with van der Waals surface area (Å²) in [6.45, 7) is 4.24. The number of methoxy groups -OCH3 is 1. The van der Waals surface area contributed by atoms with Crippen molar-refractivity contribution in [1.82, 2.24) is 0 Å². The van der Waals surface area contributed by atoms with Gasteiger partial charge in [0.15, 0.2) is 11.2 Å². The van der Waals surface area contributed by atoms with Crippen molar-refractivity contribution in [1.29, 1.82) is 0 Å². The summed E-state index contributed by atoms with van der Waals surface area (Å²) in [5.41, 5.74) is 3.23. The number of esters is 1. The van der Waals surface area contributed by atoms with Gasteiger partial charge in [-0.1, -0.05) is 38.1 Å². The average Bonchev–Trinajstić information content (AvgIpc) is 3.23. The van der Waals surface area contributed by atoms with Crippen molar-refractivity contribution in [2.75, 3.05) is 7.11 Å². The van der Waals surface area contributed by atoms with E-state index in [-0.39, 0.29) is 34.7 Å². The van der Waals surface area contributed by atoms with E-state index in [0.29, 0.717) is 39.5 Å². The lowest BCUT2D eigenvalue weighted by molar-refractivity contribution is -0.135. The van der Waals surface area contributed by atoms with E-state index in [1.807, 2.05) is 24.3 Å². The molecule has 0 amide bonds. The second-order valence-electron chi connectivity index (χ2n) is 9.73. The molecule has 6 rings (SSSR count). The highest BCUT2D eigenvalue weighted by atomic mass is 16.5. The summed E-state index contributed by atoms with van der Waals surface area (Å²) >= 11 is 0. The number of carbonyl (C=O) groups is 2. The summed E-state index contributed by atoms with van der Waals surface area (Å²) in [6, 6.07) is 16.1. The molecule has 7 nitrogen and oxygen atoms in total. The molecule has 7 heteroatoms. The van der Waals surface area contributed by atoms with Crippen molar-refractivity contribution in [3.05, 3.63) is 105 Å². The molecule has 190 valence electrons. The molecule has 0 bridgehead atoms. The largest absolute Gasteiger partial charge is 0.497 e. The zero-order valence-electron chi connectivity index (χ0n) is 21.1. The highest BCUT2D eigenvalue weighted by Crippen LogP contribution is 2.48. The fraction of sp³-hybridized carbons (Fsp3) is 0.194. The van der Waals surface area contributed by atoms with Gasteiger partial charge in [0.1, 0.15) is 22.8 Å². The Bertz CT molecular complexity index is 1710. The molecule has 0 radical (unpaired) electrons. The second kappa shape index (κ2) is 9.03. The molecule has 0 saturated carbocycles. The van der Waals surface area contributed by atoms with Crippen LogP contribution in [0.4, 0.5) is 0 Å². The fourth-order valence-electron chi connectivity index (χ4n) is 4.99. The Morgan fingerprint density at radius 2 is 1.76 bits per heavy atom. The van der Waals surface area contributed by atoms with Crippen LogP contribution in [0.5, 0.6) is 17.2 Å². The minimum absolute atomic E-state index is 0.100. The highest BCUT2D eigenvalue weighted by Gasteiger charge is 2.39. The van der Waals surface area contributed by atoms with Crippen LogP contribution in [0.1, 0.15) is 64.7 Å². The SMILES string of the molecule is COc1ccc2occ([C@@H]3CC(=O)Oc4ccc5c(c43)O/C(=C\c3ccc(C(C)C)cc3)C5=O)c(=O)c2c1. The number of Topliss-reactive ketones (excluding diaryl/α,β-unsaturated/α-hetero) is 1. The Morgan fingerprint density at radius 1 is 0.974 bits per heavy atom. The third kappa shape index (κ3) is 3.87. The number of fused-ring (bicyclic) bond motifs is 4. The molecule has 1 atom stereocenters. The van der Waals surface area contributed by atoms with Crippen molar-refractivity contribution < 1.29 is 28.2 Å². The van der Waals surface area contributed by atoms with Crippen LogP contribution in [0.25, 0.3) is 17.0 Å². The number of benzene rings is 3. The molecule has 38 heavy (non-hydrogen) atoms. The predicted octanol–water partition coefficient (Wildman–Crippen LogP) is 5.98. The zero-order valence-corrected chi connectivity index (χ0v) is 21.1. The average molecular weight is 509 g/mol. The Hall–Kier alpha value is -4.65. The molecule has 1 aromatic heterocycles. The molecule has 3 heterocycles. The van der Waals surface area contributed by atoms with Crippen LogP contribution in [0.15, 0.2) is 75.8 Å². The highest BCUT2D eigenvalue weighted by molar-refractivity contribution is 6.15. The first kappa shape index (κ1) is 23.7. The van der Waals surface area contributed by atoms with Gasteiger partial charge >= 0.3 is 5.97 Å². The van der Waals surface area contributed by atoms with E-state index >= 15 is 0 Å². The van der Waals surface area contributed by atoms with Gasteiger partial charge in [-0.05, 0) is 53.5 Å². The van der Waals surface area contributed by atoms with E-state index < -0.39 is 11.9 Å². The molecule has 0 fully saturated rings. The third-order valence-corrected chi connectivity index (χ3v) is 7.06. The van der Waals surface area contributed by atoms with Gasteiger partial charge in [0.2, 0.25) is 5.78 Å². The molecule has 4 aromatic rings. The van der Waals surface area contributed by atoms with Gasteiger partial charge in [-0.25, -0.2) is 0 Å². The van der Waals surface area contributed by atoms with Crippen molar-refractivity contribution in [3.63, 3.8) is 0 Å². The Labute approximate surface area is 218 Å². The van der Waals surface area contributed by atoms with Crippen LogP contribution < -0.4 is 19.6 Å². The predicted molar refractivity (Wildman–Crippen MR) is 141 cm³/mol. The lowest BCUT2D eigenvalue weighted by Crippen LogP contribution is -2.25. The number of allylic oxidation sites excluding steroid dienone is 1. The summed E-state index contributed by atoms with van der Waals surface area (Å²) in [5.74, 6) is 0.133. The Morgan fingerprint density at radius 3 is 2.50 bits per heavy atom. The van der Waals surface area contributed by atoms with Crippen molar-refractivity contribution in [2.45, 2.75) is 32.1 Å². The molecule has 0 saturated heterocycles. The third-order valence-electron chi connectivity index (χ3n) is 7.06. The Balaban J connectivity index is 1.45. The van der Waals surface area contributed by atoms with Gasteiger partial charge in [0, 0.05) is 17.0 Å². The van der Waals surface area contributed by atoms with Crippen LogP contribution in [-0.4, -0.2) is 18.9 Å². The molecular formula is C31H24O7. The first-order chi connectivity index (χ1) is 18.3. The number of carbonyl (C=O) groups excluding carboxylic acids is 2. The van der Waals surface area contributed by atoms with E-state index in [1.165, 1.54) is 18.9 Å². The summed E-state index contributed by atoms with van der Waals surface area (Å²) in [6.07, 6.45) is 2.96. The molecule has 0 spiro atoms. The molecule has 2 aliphatic rings. The summed E-state index contributed by atoms with van der Waals surface area (Å²) < 4.78 is 22.6. The van der Waals surface area contributed by atoms with E-state index in [2.05, 4.69) is 13.8 Å². The molecule has 2 aliphatic heterocycles. The van der Waals surface area contributed by atoms with Gasteiger partial charge in [-0.2, -0.15) is 0 Å². The van der Waals surface area contributed by atoms with Crippen molar-refractivity contribution in [2.24, 2.45) is 0 Å². The second-order valence-corrected chi connectivity index (χ2v) is 9.73. The smallest absolute Gasteiger partial charge is 0.312 e. The van der Waals surface area contributed by atoms with Gasteiger partial charge in [0.05, 0.1) is 30.7 Å². The van der Waals surface area contributed by atoms with Crippen LogP contribution in [0.2, 0.25) is 0 Å². The maximum Gasteiger partial charge on any atom is 0.312 e. The van der Waals surface area contributed by atoms with Crippen LogP contribution >= 0.6 is 0 Å². The number of hydrogen-bond acceptors (Lipinski definition) is 7. The lowest BCUT2D eigenvalue weighted by Gasteiger charge is -2.25. The summed E-state index contributed by atoms with van der Waals surface area (Å²) in [5, 5.41) is 0.331. The van der Waals surface area contributed by atoms with E-state index in [0.717, 1.165) is 5.56 Å². The van der Waals surface area contributed by atoms with Gasteiger partial charge in [-0.15, -0.1) is 0 Å². The van der Waals surface area contributed by atoms with Crippen molar-refractivity contribution in [3.8, 4) is 17.2 Å². The summed E-state index contributed by atoms with van der Waals surface area (Å²) in [4.78, 5) is 39.4. The Kier molecular flexibility index (Phi) is 5.64. The zero-order chi connectivity index (χ0) is 26.6. The monoisotopic (exact) mass is 508 g/mol. The minimum atomic E-state index is -0.717. The molecular weight excluding hydrogens is 484 g/mol. The lowest BCUT2D eigenvalue weighted by atomic mass is 9.85. The number of ketones is 1.